The van der Waals surface area contributed by atoms with E-state index in [2.05, 4.69) is 5.10 Å². The zero-order valence-electron chi connectivity index (χ0n) is 10.4. The number of anilines is 1. The number of nitrogens with zero attached hydrogens (tertiary/aromatic N) is 2. The highest BCUT2D eigenvalue weighted by Gasteiger charge is 2.11. The summed E-state index contributed by atoms with van der Waals surface area (Å²) in [6, 6.07) is 15.2. The Kier molecular flexibility index (Phi) is 3.16. The molecule has 0 bridgehead atoms. The topological polar surface area (TPSA) is 43.8 Å². The van der Waals surface area contributed by atoms with Crippen LogP contribution in [0.25, 0.3) is 16.9 Å². The molecule has 0 saturated heterocycles. The van der Waals surface area contributed by atoms with Crippen LogP contribution in [-0.2, 0) is 0 Å². The Morgan fingerprint density at radius 2 is 1.75 bits per heavy atom. The Morgan fingerprint density at radius 3 is 2.45 bits per heavy atom. The van der Waals surface area contributed by atoms with Crippen LogP contribution < -0.4 is 5.73 Å². The maximum absolute atomic E-state index is 13.8. The van der Waals surface area contributed by atoms with Gasteiger partial charge in [0.05, 0.1) is 11.4 Å². The first kappa shape index (κ1) is 12.7. The molecule has 0 radical (unpaired) electrons. The van der Waals surface area contributed by atoms with E-state index in [4.69, 9.17) is 17.3 Å². The monoisotopic (exact) mass is 287 g/mol. The first-order valence-corrected chi connectivity index (χ1v) is 6.39. The molecule has 20 heavy (non-hydrogen) atoms. The van der Waals surface area contributed by atoms with Gasteiger partial charge in [0.25, 0.3) is 0 Å². The zero-order valence-corrected chi connectivity index (χ0v) is 11.2. The fraction of sp³-hybridized carbons (Fsp3) is 0. The number of nitrogen functional groups attached to an aromatic ring is 1. The van der Waals surface area contributed by atoms with Gasteiger partial charge in [-0.15, -0.1) is 0 Å². The predicted octanol–water partition coefficient (Wildman–Crippen LogP) is 3.91. The third-order valence-electron chi connectivity index (χ3n) is 2.96. The Labute approximate surface area is 120 Å². The highest BCUT2D eigenvalue weighted by Crippen LogP contribution is 2.25. The molecule has 0 fully saturated rings. The summed E-state index contributed by atoms with van der Waals surface area (Å²) >= 11 is 5.85. The van der Waals surface area contributed by atoms with E-state index in [0.29, 0.717) is 22.1 Å². The van der Waals surface area contributed by atoms with Gasteiger partial charge in [0, 0.05) is 16.7 Å². The number of nitrogens with two attached hydrogens (primary N) is 1. The lowest BCUT2D eigenvalue weighted by Crippen LogP contribution is -2.01. The molecule has 0 spiro atoms. The molecular formula is C15H11ClFN3. The van der Waals surface area contributed by atoms with E-state index in [1.54, 1.807) is 53.2 Å². The smallest absolute Gasteiger partial charge is 0.132 e. The summed E-state index contributed by atoms with van der Waals surface area (Å²) in [5.41, 5.74) is 7.64. The van der Waals surface area contributed by atoms with Crippen LogP contribution in [0.4, 0.5) is 10.2 Å². The molecule has 100 valence electrons. The van der Waals surface area contributed by atoms with Crippen molar-refractivity contribution in [2.45, 2.75) is 0 Å². The Morgan fingerprint density at radius 1 is 1.05 bits per heavy atom. The highest BCUT2D eigenvalue weighted by atomic mass is 35.5. The van der Waals surface area contributed by atoms with E-state index in [9.17, 15) is 4.39 Å². The quantitative estimate of drug-likeness (QED) is 0.776. The molecule has 0 unspecified atom stereocenters. The number of halogens is 2. The van der Waals surface area contributed by atoms with Crippen molar-refractivity contribution in [1.29, 1.82) is 0 Å². The van der Waals surface area contributed by atoms with Crippen molar-refractivity contribution in [2.24, 2.45) is 0 Å². The van der Waals surface area contributed by atoms with E-state index >= 15 is 0 Å². The molecule has 3 rings (SSSR count). The van der Waals surface area contributed by atoms with E-state index in [-0.39, 0.29) is 5.82 Å². The molecule has 0 aliphatic rings. The summed E-state index contributed by atoms with van der Waals surface area (Å²) < 4.78 is 15.3. The van der Waals surface area contributed by atoms with Crippen LogP contribution in [0, 0.1) is 5.82 Å². The number of rotatable bonds is 2. The molecule has 1 heterocycles. The van der Waals surface area contributed by atoms with Gasteiger partial charge in [0.2, 0.25) is 0 Å². The van der Waals surface area contributed by atoms with Crippen LogP contribution in [-0.4, -0.2) is 9.78 Å². The fourth-order valence-electron chi connectivity index (χ4n) is 1.99. The normalized spacial score (nSPS) is 10.7. The van der Waals surface area contributed by atoms with Crippen LogP contribution >= 0.6 is 11.6 Å². The van der Waals surface area contributed by atoms with E-state index in [0.717, 1.165) is 5.69 Å². The van der Waals surface area contributed by atoms with Gasteiger partial charge < -0.3 is 5.73 Å². The molecule has 0 atom stereocenters. The summed E-state index contributed by atoms with van der Waals surface area (Å²) in [5, 5.41) is 4.98. The van der Waals surface area contributed by atoms with Crippen molar-refractivity contribution < 1.29 is 4.39 Å². The van der Waals surface area contributed by atoms with Crippen LogP contribution in [0.5, 0.6) is 0 Å². The molecule has 2 aromatic carbocycles. The van der Waals surface area contributed by atoms with Crippen LogP contribution in [0.1, 0.15) is 0 Å². The first-order chi connectivity index (χ1) is 9.65. The third-order valence-corrected chi connectivity index (χ3v) is 3.21. The van der Waals surface area contributed by atoms with Gasteiger partial charge in [-0.2, -0.15) is 5.10 Å². The highest BCUT2D eigenvalue weighted by molar-refractivity contribution is 6.30. The average molecular weight is 288 g/mol. The molecule has 0 aliphatic heterocycles. The molecule has 0 aliphatic carbocycles. The Bertz CT molecular complexity index is 750. The number of hydrogen-bond acceptors (Lipinski definition) is 2. The lowest BCUT2D eigenvalue weighted by atomic mass is 10.1. The van der Waals surface area contributed by atoms with Crippen LogP contribution in [0.15, 0.2) is 54.6 Å². The van der Waals surface area contributed by atoms with Gasteiger partial charge in [0.15, 0.2) is 0 Å². The molecule has 3 aromatic rings. The average Bonchev–Trinajstić information content (AvgIpc) is 2.82. The van der Waals surface area contributed by atoms with Crippen molar-refractivity contribution >= 4 is 17.4 Å². The van der Waals surface area contributed by atoms with E-state index in [1.165, 1.54) is 6.07 Å². The SMILES string of the molecule is Nc1cc(-c2ccccc2F)nn1-c1ccc(Cl)cc1. The Balaban J connectivity index is 2.08. The number of hydrogen-bond donors (Lipinski definition) is 1. The van der Waals surface area contributed by atoms with Crippen LogP contribution in [0.2, 0.25) is 5.02 Å². The van der Waals surface area contributed by atoms with Crippen molar-refractivity contribution in [2.75, 3.05) is 5.73 Å². The molecule has 1 aromatic heterocycles. The second-order valence-electron chi connectivity index (χ2n) is 4.32. The molecular weight excluding hydrogens is 277 g/mol. The van der Waals surface area contributed by atoms with Crippen LogP contribution in [0.3, 0.4) is 0 Å². The van der Waals surface area contributed by atoms with Gasteiger partial charge in [-0.3, -0.25) is 0 Å². The summed E-state index contributed by atoms with van der Waals surface area (Å²) in [5.74, 6) is 0.110. The maximum atomic E-state index is 13.8. The molecule has 3 nitrogen and oxygen atoms in total. The third kappa shape index (κ3) is 2.26. The molecule has 5 heteroatoms. The molecule has 0 saturated carbocycles. The van der Waals surface area contributed by atoms with Crippen molar-refractivity contribution in [3.8, 4) is 16.9 Å². The number of benzene rings is 2. The number of aromatic nitrogens is 2. The zero-order chi connectivity index (χ0) is 14.1. The lowest BCUT2D eigenvalue weighted by molar-refractivity contribution is 0.630. The summed E-state index contributed by atoms with van der Waals surface area (Å²) in [6.07, 6.45) is 0. The first-order valence-electron chi connectivity index (χ1n) is 6.01. The van der Waals surface area contributed by atoms with Crippen molar-refractivity contribution in [3.05, 3.63) is 65.4 Å². The minimum Gasteiger partial charge on any atom is -0.384 e. The van der Waals surface area contributed by atoms with Gasteiger partial charge >= 0.3 is 0 Å². The van der Waals surface area contributed by atoms with Gasteiger partial charge in [-0.05, 0) is 36.4 Å². The van der Waals surface area contributed by atoms with Gasteiger partial charge in [-0.25, -0.2) is 9.07 Å². The summed E-state index contributed by atoms with van der Waals surface area (Å²) in [7, 11) is 0. The minimum absolute atomic E-state index is 0.326. The standard InChI is InChI=1S/C15H11ClFN3/c16-10-5-7-11(8-6-10)20-15(18)9-14(19-20)12-3-1-2-4-13(12)17/h1-9H,18H2. The summed E-state index contributed by atoms with van der Waals surface area (Å²) in [4.78, 5) is 0. The molecule has 0 amide bonds. The second kappa shape index (κ2) is 4.98. The van der Waals surface area contributed by atoms with Gasteiger partial charge in [-0.1, -0.05) is 23.7 Å². The summed E-state index contributed by atoms with van der Waals surface area (Å²) in [6.45, 7) is 0. The van der Waals surface area contributed by atoms with E-state index < -0.39 is 0 Å². The minimum atomic E-state index is -0.326. The molecule has 2 N–H and O–H groups in total. The van der Waals surface area contributed by atoms with Crippen molar-refractivity contribution in [3.63, 3.8) is 0 Å². The predicted molar refractivity (Wildman–Crippen MR) is 78.4 cm³/mol. The maximum Gasteiger partial charge on any atom is 0.132 e. The lowest BCUT2D eigenvalue weighted by Gasteiger charge is -2.03. The fourth-order valence-corrected chi connectivity index (χ4v) is 2.11. The largest absolute Gasteiger partial charge is 0.384 e. The van der Waals surface area contributed by atoms with Crippen molar-refractivity contribution in [1.82, 2.24) is 9.78 Å². The Hall–Kier alpha value is -2.33. The van der Waals surface area contributed by atoms with E-state index in [1.807, 2.05) is 0 Å². The van der Waals surface area contributed by atoms with Gasteiger partial charge in [0.1, 0.15) is 11.6 Å². The second-order valence-corrected chi connectivity index (χ2v) is 4.76.